The first-order valence-electron chi connectivity index (χ1n) is 5.56. The summed E-state index contributed by atoms with van der Waals surface area (Å²) in [5.74, 6) is -0.762. The summed E-state index contributed by atoms with van der Waals surface area (Å²) in [6.45, 7) is 4.80. The number of benzene rings is 1. The summed E-state index contributed by atoms with van der Waals surface area (Å²) in [4.78, 5) is 10.5. The van der Waals surface area contributed by atoms with E-state index >= 15 is 0 Å². The van der Waals surface area contributed by atoms with Crippen molar-refractivity contribution in [1.29, 1.82) is 0 Å². The molecule has 7 heteroatoms. The Kier molecular flexibility index (Phi) is 4.81. The van der Waals surface area contributed by atoms with Gasteiger partial charge in [0.1, 0.15) is 5.75 Å². The standard InChI is InChI=1S/C12H15ClO5S/c1-7(2)9-5-11(19(13,16)17)8(3)4-10(9)18-6-12(14)15/h4-5,7H,6H2,1-3H3,(H,14,15). The van der Waals surface area contributed by atoms with Gasteiger partial charge in [-0.25, -0.2) is 13.2 Å². The molecule has 0 radical (unpaired) electrons. The Bertz CT molecular complexity index is 592. The molecule has 1 N–H and O–H groups in total. The van der Waals surface area contributed by atoms with Crippen molar-refractivity contribution >= 4 is 25.7 Å². The van der Waals surface area contributed by atoms with Gasteiger partial charge < -0.3 is 9.84 Å². The first-order valence-corrected chi connectivity index (χ1v) is 7.87. The summed E-state index contributed by atoms with van der Waals surface area (Å²) in [6, 6.07) is 2.92. The highest BCUT2D eigenvalue weighted by molar-refractivity contribution is 8.13. The zero-order valence-electron chi connectivity index (χ0n) is 10.8. The third kappa shape index (κ3) is 4.11. The fourth-order valence-corrected chi connectivity index (χ4v) is 2.87. The third-order valence-electron chi connectivity index (χ3n) is 2.54. The molecule has 0 bridgehead atoms. The average Bonchev–Trinajstić information content (AvgIpc) is 2.23. The predicted molar refractivity (Wildman–Crippen MR) is 71.4 cm³/mol. The first-order chi connectivity index (χ1) is 8.62. The highest BCUT2D eigenvalue weighted by atomic mass is 35.7. The Balaban J connectivity index is 3.33. The van der Waals surface area contributed by atoms with Gasteiger partial charge in [0.15, 0.2) is 6.61 Å². The highest BCUT2D eigenvalue weighted by Crippen LogP contribution is 2.32. The lowest BCUT2D eigenvalue weighted by Gasteiger charge is -2.15. The fourth-order valence-electron chi connectivity index (χ4n) is 1.66. The average molecular weight is 307 g/mol. The minimum atomic E-state index is -3.84. The van der Waals surface area contributed by atoms with Gasteiger partial charge in [0.2, 0.25) is 0 Å². The van der Waals surface area contributed by atoms with Crippen molar-refractivity contribution in [2.45, 2.75) is 31.6 Å². The van der Waals surface area contributed by atoms with Crippen molar-refractivity contribution in [3.8, 4) is 5.75 Å². The van der Waals surface area contributed by atoms with Crippen molar-refractivity contribution < 1.29 is 23.1 Å². The molecule has 0 saturated heterocycles. The van der Waals surface area contributed by atoms with Crippen LogP contribution in [-0.4, -0.2) is 26.1 Å². The molecule has 0 spiro atoms. The topological polar surface area (TPSA) is 80.7 Å². The first kappa shape index (κ1) is 15.8. The second-order valence-corrected chi connectivity index (χ2v) is 6.96. The number of hydrogen-bond donors (Lipinski definition) is 1. The van der Waals surface area contributed by atoms with Crippen LogP contribution in [0.15, 0.2) is 17.0 Å². The quantitative estimate of drug-likeness (QED) is 0.845. The summed E-state index contributed by atoms with van der Waals surface area (Å²) in [6.07, 6.45) is 0. The molecule has 1 aromatic carbocycles. The number of halogens is 1. The van der Waals surface area contributed by atoms with E-state index in [0.717, 1.165) is 0 Å². The van der Waals surface area contributed by atoms with Gasteiger partial charge in [0, 0.05) is 10.7 Å². The maximum atomic E-state index is 11.4. The molecular formula is C12H15ClO5S. The molecule has 1 rings (SSSR count). The lowest BCUT2D eigenvalue weighted by atomic mass is 10.0. The van der Waals surface area contributed by atoms with Crippen LogP contribution in [0, 0.1) is 6.92 Å². The molecule has 0 heterocycles. The van der Waals surface area contributed by atoms with Crippen LogP contribution in [0.25, 0.3) is 0 Å². The molecule has 0 fully saturated rings. The Morgan fingerprint density at radius 2 is 2.00 bits per heavy atom. The van der Waals surface area contributed by atoms with Gasteiger partial charge in [-0.05, 0) is 36.1 Å². The largest absolute Gasteiger partial charge is 0.482 e. The van der Waals surface area contributed by atoms with Crippen molar-refractivity contribution in [3.63, 3.8) is 0 Å². The number of carboxylic acid groups (broad SMARTS) is 1. The molecule has 0 aromatic heterocycles. The third-order valence-corrected chi connectivity index (χ3v) is 4.01. The molecule has 19 heavy (non-hydrogen) atoms. The number of rotatable bonds is 5. The molecule has 0 aliphatic rings. The highest BCUT2D eigenvalue weighted by Gasteiger charge is 2.19. The van der Waals surface area contributed by atoms with Crippen LogP contribution >= 0.6 is 10.7 Å². The van der Waals surface area contributed by atoms with Crippen LogP contribution in [0.5, 0.6) is 5.75 Å². The summed E-state index contributed by atoms with van der Waals surface area (Å²) in [7, 11) is 1.52. The van der Waals surface area contributed by atoms with E-state index in [1.165, 1.54) is 12.1 Å². The van der Waals surface area contributed by atoms with E-state index in [0.29, 0.717) is 16.9 Å². The lowest BCUT2D eigenvalue weighted by Crippen LogP contribution is -2.11. The van der Waals surface area contributed by atoms with Gasteiger partial charge in [0.05, 0.1) is 4.90 Å². The summed E-state index contributed by atoms with van der Waals surface area (Å²) < 4.78 is 28.0. The van der Waals surface area contributed by atoms with Crippen LogP contribution in [0.1, 0.15) is 30.9 Å². The van der Waals surface area contributed by atoms with E-state index < -0.39 is 21.6 Å². The van der Waals surface area contributed by atoms with E-state index in [-0.39, 0.29) is 10.8 Å². The lowest BCUT2D eigenvalue weighted by molar-refractivity contribution is -0.139. The van der Waals surface area contributed by atoms with E-state index in [4.69, 9.17) is 20.5 Å². The van der Waals surface area contributed by atoms with Gasteiger partial charge in [0.25, 0.3) is 9.05 Å². The van der Waals surface area contributed by atoms with Crippen LogP contribution in [0.4, 0.5) is 0 Å². The van der Waals surface area contributed by atoms with Crippen LogP contribution in [-0.2, 0) is 13.8 Å². The molecule has 1 aromatic rings. The predicted octanol–water partition coefficient (Wildman–Crippen LogP) is 2.51. The SMILES string of the molecule is Cc1cc(OCC(=O)O)c(C(C)C)cc1S(=O)(=O)Cl. The Labute approximate surface area is 116 Å². The van der Waals surface area contributed by atoms with Crippen molar-refractivity contribution in [2.24, 2.45) is 0 Å². The summed E-state index contributed by atoms with van der Waals surface area (Å²) in [5.41, 5.74) is 1.02. The minimum absolute atomic E-state index is 0.0144. The Hall–Kier alpha value is -1.27. The molecule has 0 saturated carbocycles. The number of aliphatic carboxylic acids is 1. The number of aryl methyl sites for hydroxylation is 1. The second kappa shape index (κ2) is 5.79. The van der Waals surface area contributed by atoms with Crippen molar-refractivity contribution in [3.05, 3.63) is 23.3 Å². The number of ether oxygens (including phenoxy) is 1. The molecule has 0 atom stereocenters. The Morgan fingerprint density at radius 1 is 1.42 bits per heavy atom. The zero-order valence-corrected chi connectivity index (χ0v) is 12.4. The maximum absolute atomic E-state index is 11.4. The molecule has 0 aliphatic carbocycles. The van der Waals surface area contributed by atoms with E-state index in [1.807, 2.05) is 13.8 Å². The van der Waals surface area contributed by atoms with Gasteiger partial charge in [-0.3, -0.25) is 0 Å². The number of carbonyl (C=O) groups is 1. The van der Waals surface area contributed by atoms with Gasteiger partial charge >= 0.3 is 5.97 Å². The smallest absolute Gasteiger partial charge is 0.341 e. The van der Waals surface area contributed by atoms with E-state index in [9.17, 15) is 13.2 Å². The molecule has 0 amide bonds. The summed E-state index contributed by atoms with van der Waals surface area (Å²) >= 11 is 0. The van der Waals surface area contributed by atoms with Crippen molar-refractivity contribution in [1.82, 2.24) is 0 Å². The zero-order chi connectivity index (χ0) is 14.8. The van der Waals surface area contributed by atoms with Crippen LogP contribution < -0.4 is 4.74 Å². The second-order valence-electron chi connectivity index (χ2n) is 4.43. The van der Waals surface area contributed by atoms with Crippen LogP contribution in [0.3, 0.4) is 0 Å². The van der Waals surface area contributed by atoms with E-state index in [1.54, 1.807) is 6.92 Å². The van der Waals surface area contributed by atoms with Crippen LogP contribution in [0.2, 0.25) is 0 Å². The fraction of sp³-hybridized carbons (Fsp3) is 0.417. The summed E-state index contributed by atoms with van der Waals surface area (Å²) in [5, 5.41) is 8.62. The molecule has 106 valence electrons. The van der Waals surface area contributed by atoms with Crippen molar-refractivity contribution in [2.75, 3.05) is 6.61 Å². The number of hydrogen-bond acceptors (Lipinski definition) is 4. The monoisotopic (exact) mass is 306 g/mol. The van der Waals surface area contributed by atoms with E-state index in [2.05, 4.69) is 0 Å². The number of carboxylic acids is 1. The maximum Gasteiger partial charge on any atom is 0.341 e. The van der Waals surface area contributed by atoms with Gasteiger partial charge in [-0.1, -0.05) is 13.8 Å². The van der Waals surface area contributed by atoms with Gasteiger partial charge in [-0.2, -0.15) is 0 Å². The molecule has 5 nitrogen and oxygen atoms in total. The normalized spacial score (nSPS) is 11.6. The van der Waals surface area contributed by atoms with Gasteiger partial charge in [-0.15, -0.1) is 0 Å². The molecule has 0 aliphatic heterocycles. The molecule has 0 unspecified atom stereocenters. The minimum Gasteiger partial charge on any atom is -0.482 e. The Morgan fingerprint density at radius 3 is 2.42 bits per heavy atom. The molecular weight excluding hydrogens is 292 g/mol.